The number of aromatic nitrogens is 1. The number of hydrogen-bond acceptors (Lipinski definition) is 4. The van der Waals surface area contributed by atoms with Crippen LogP contribution in [0.15, 0.2) is 58.2 Å². The van der Waals surface area contributed by atoms with E-state index in [1.807, 2.05) is 51.1 Å². The SMILES string of the molecule is CCn1c(=O)sc2cc(S(=O)(=O)NC(C)(C)Cc3ccccc3)ccc21. The minimum Gasteiger partial charge on any atom is -0.299 e. The summed E-state index contributed by atoms with van der Waals surface area (Å²) in [6.07, 6.45) is 0.578. The van der Waals surface area contributed by atoms with E-state index in [0.29, 0.717) is 17.7 Å². The molecule has 3 aromatic rings. The van der Waals surface area contributed by atoms with Crippen LogP contribution < -0.4 is 9.60 Å². The van der Waals surface area contributed by atoms with Gasteiger partial charge in [0.05, 0.1) is 15.1 Å². The maximum atomic E-state index is 12.9. The second kappa shape index (κ2) is 6.98. The second-order valence-electron chi connectivity index (χ2n) is 6.89. The lowest BCUT2D eigenvalue weighted by Crippen LogP contribution is -2.44. The van der Waals surface area contributed by atoms with Crippen LogP contribution in [0.2, 0.25) is 0 Å². The average molecular weight is 391 g/mol. The van der Waals surface area contributed by atoms with E-state index in [-0.39, 0.29) is 9.77 Å². The molecule has 7 heteroatoms. The molecule has 2 aromatic carbocycles. The van der Waals surface area contributed by atoms with Gasteiger partial charge in [0, 0.05) is 12.1 Å². The fraction of sp³-hybridized carbons (Fsp3) is 0.316. The van der Waals surface area contributed by atoms with E-state index in [1.54, 1.807) is 22.8 Å². The van der Waals surface area contributed by atoms with Crippen LogP contribution in [0.5, 0.6) is 0 Å². The Balaban J connectivity index is 1.90. The van der Waals surface area contributed by atoms with E-state index in [1.165, 1.54) is 0 Å². The normalized spacial score (nSPS) is 12.6. The van der Waals surface area contributed by atoms with Crippen LogP contribution in [0.3, 0.4) is 0 Å². The third kappa shape index (κ3) is 3.90. The molecule has 0 aliphatic rings. The molecule has 138 valence electrons. The lowest BCUT2D eigenvalue weighted by atomic mass is 9.96. The molecule has 1 N–H and O–H groups in total. The second-order valence-corrected chi connectivity index (χ2v) is 9.57. The number of rotatable bonds is 6. The molecule has 5 nitrogen and oxygen atoms in total. The number of nitrogens with one attached hydrogen (secondary N) is 1. The minimum absolute atomic E-state index is 0.0746. The standard InChI is InChI=1S/C19H22N2O3S2/c1-4-21-16-11-10-15(12-17(16)25-18(21)22)26(23,24)20-19(2,3)13-14-8-6-5-7-9-14/h5-12,20H,4,13H2,1-3H3. The molecule has 0 aliphatic carbocycles. The molecule has 0 aliphatic heterocycles. The summed E-state index contributed by atoms with van der Waals surface area (Å²) in [5, 5.41) is 0. The molecule has 26 heavy (non-hydrogen) atoms. The maximum Gasteiger partial charge on any atom is 0.308 e. The molecule has 0 unspecified atom stereocenters. The molecule has 0 saturated carbocycles. The topological polar surface area (TPSA) is 68.2 Å². The zero-order chi connectivity index (χ0) is 18.9. The molecule has 0 bridgehead atoms. The Hall–Kier alpha value is -1.96. The van der Waals surface area contributed by atoms with Crippen molar-refractivity contribution in [1.29, 1.82) is 0 Å². The van der Waals surface area contributed by atoms with Crippen LogP contribution in [-0.2, 0) is 23.0 Å². The first-order chi connectivity index (χ1) is 12.2. The zero-order valence-corrected chi connectivity index (χ0v) is 16.7. The van der Waals surface area contributed by atoms with Crippen molar-refractivity contribution in [3.8, 4) is 0 Å². The first-order valence-corrected chi connectivity index (χ1v) is 10.7. The Morgan fingerprint density at radius 1 is 1.12 bits per heavy atom. The van der Waals surface area contributed by atoms with Gasteiger partial charge >= 0.3 is 4.87 Å². The summed E-state index contributed by atoms with van der Waals surface area (Å²) in [5.74, 6) is 0. The highest BCUT2D eigenvalue weighted by Gasteiger charge is 2.27. The number of nitrogens with zero attached hydrogens (tertiary/aromatic N) is 1. The molecule has 0 fully saturated rings. The third-order valence-corrected chi connectivity index (χ3v) is 6.80. The van der Waals surface area contributed by atoms with Gasteiger partial charge in [0.1, 0.15) is 0 Å². The summed E-state index contributed by atoms with van der Waals surface area (Å²) in [7, 11) is -3.69. The van der Waals surface area contributed by atoms with E-state index >= 15 is 0 Å². The summed E-state index contributed by atoms with van der Waals surface area (Å²) in [6, 6.07) is 14.6. The van der Waals surface area contributed by atoms with E-state index in [2.05, 4.69) is 4.72 Å². The highest BCUT2D eigenvalue weighted by Crippen LogP contribution is 2.23. The molecule has 0 atom stereocenters. The van der Waals surface area contributed by atoms with Gasteiger partial charge in [-0.1, -0.05) is 41.7 Å². The van der Waals surface area contributed by atoms with Crippen LogP contribution >= 0.6 is 11.3 Å². The van der Waals surface area contributed by atoms with Crippen molar-refractivity contribution in [2.75, 3.05) is 0 Å². The number of hydrogen-bond donors (Lipinski definition) is 1. The van der Waals surface area contributed by atoms with Crippen molar-refractivity contribution in [3.05, 3.63) is 63.8 Å². The van der Waals surface area contributed by atoms with E-state index < -0.39 is 15.6 Å². The monoisotopic (exact) mass is 390 g/mol. The van der Waals surface area contributed by atoms with Crippen molar-refractivity contribution < 1.29 is 8.42 Å². The van der Waals surface area contributed by atoms with Crippen molar-refractivity contribution in [2.24, 2.45) is 0 Å². The van der Waals surface area contributed by atoms with Crippen LogP contribution in [0.25, 0.3) is 10.2 Å². The highest BCUT2D eigenvalue weighted by atomic mass is 32.2. The van der Waals surface area contributed by atoms with E-state index in [9.17, 15) is 13.2 Å². The summed E-state index contributed by atoms with van der Waals surface area (Å²) >= 11 is 1.07. The molecular weight excluding hydrogens is 368 g/mol. The smallest absolute Gasteiger partial charge is 0.299 e. The zero-order valence-electron chi connectivity index (χ0n) is 15.0. The van der Waals surface area contributed by atoms with E-state index in [4.69, 9.17) is 0 Å². The van der Waals surface area contributed by atoms with Crippen molar-refractivity contribution in [3.63, 3.8) is 0 Å². The van der Waals surface area contributed by atoms with Gasteiger partial charge in [-0.2, -0.15) is 0 Å². The average Bonchev–Trinajstić information content (AvgIpc) is 2.88. The van der Waals surface area contributed by atoms with Gasteiger partial charge in [-0.3, -0.25) is 9.36 Å². The lowest BCUT2D eigenvalue weighted by Gasteiger charge is -2.26. The molecule has 0 saturated heterocycles. The molecular formula is C19H22N2O3S2. The fourth-order valence-corrected chi connectivity index (χ4v) is 5.58. The molecule has 0 radical (unpaired) electrons. The number of aryl methyl sites for hydroxylation is 1. The molecule has 0 amide bonds. The number of fused-ring (bicyclic) bond motifs is 1. The van der Waals surface area contributed by atoms with E-state index in [0.717, 1.165) is 22.4 Å². The Labute approximate surface area is 157 Å². The summed E-state index contributed by atoms with van der Waals surface area (Å²) in [4.78, 5) is 12.1. The predicted octanol–water partition coefficient (Wildman–Crippen LogP) is 3.38. The number of sulfonamides is 1. The first-order valence-electron chi connectivity index (χ1n) is 8.43. The number of thiazole rings is 1. The van der Waals surface area contributed by atoms with Gasteiger partial charge < -0.3 is 0 Å². The highest BCUT2D eigenvalue weighted by molar-refractivity contribution is 7.89. The predicted molar refractivity (Wildman–Crippen MR) is 106 cm³/mol. The Morgan fingerprint density at radius 3 is 2.46 bits per heavy atom. The van der Waals surface area contributed by atoms with Gasteiger partial charge in [0.25, 0.3) is 0 Å². The van der Waals surface area contributed by atoms with Crippen LogP contribution in [0.4, 0.5) is 0 Å². The summed E-state index contributed by atoms with van der Waals surface area (Å²) in [5.41, 5.74) is 1.19. The fourth-order valence-electron chi connectivity index (χ4n) is 3.08. The van der Waals surface area contributed by atoms with Crippen molar-refractivity contribution >= 4 is 31.6 Å². The van der Waals surface area contributed by atoms with Crippen LogP contribution in [0, 0.1) is 0 Å². The summed E-state index contributed by atoms with van der Waals surface area (Å²) in [6.45, 7) is 6.18. The van der Waals surface area contributed by atoms with Gasteiger partial charge in [0.2, 0.25) is 10.0 Å². The van der Waals surface area contributed by atoms with Crippen molar-refractivity contribution in [2.45, 2.75) is 44.2 Å². The Morgan fingerprint density at radius 2 is 1.81 bits per heavy atom. The third-order valence-electron chi connectivity index (χ3n) is 4.17. The maximum absolute atomic E-state index is 12.9. The number of benzene rings is 2. The molecule has 3 rings (SSSR count). The lowest BCUT2D eigenvalue weighted by molar-refractivity contribution is 0.450. The van der Waals surface area contributed by atoms with Gasteiger partial charge in [-0.05, 0) is 51.0 Å². The Kier molecular flexibility index (Phi) is 5.05. The van der Waals surface area contributed by atoms with Crippen molar-refractivity contribution in [1.82, 2.24) is 9.29 Å². The largest absolute Gasteiger partial charge is 0.308 e. The first kappa shape index (κ1) is 18.8. The summed E-state index contributed by atoms with van der Waals surface area (Å²) < 4.78 is 30.8. The Bertz CT molecular complexity index is 1080. The molecule has 0 spiro atoms. The minimum atomic E-state index is -3.69. The molecule has 1 aromatic heterocycles. The molecule has 1 heterocycles. The van der Waals surface area contributed by atoms with Crippen LogP contribution in [0.1, 0.15) is 26.3 Å². The van der Waals surface area contributed by atoms with Gasteiger partial charge in [-0.15, -0.1) is 0 Å². The van der Waals surface area contributed by atoms with Gasteiger partial charge in [-0.25, -0.2) is 13.1 Å². The van der Waals surface area contributed by atoms with Gasteiger partial charge in [0.15, 0.2) is 0 Å². The van der Waals surface area contributed by atoms with Crippen LogP contribution in [-0.4, -0.2) is 18.5 Å². The quantitative estimate of drug-likeness (QED) is 0.701.